The van der Waals surface area contributed by atoms with Crippen LogP contribution >= 0.6 is 0 Å². The second-order valence-electron chi connectivity index (χ2n) is 5.35. The molecule has 4 heteroatoms. The Bertz CT molecular complexity index is 430. The molecule has 104 valence electrons. The molecule has 19 heavy (non-hydrogen) atoms. The number of hydrogen-bond acceptors (Lipinski definition) is 3. The average molecular weight is 261 g/mol. The molecule has 4 nitrogen and oxygen atoms in total. The van der Waals surface area contributed by atoms with Crippen LogP contribution in [0.4, 0.5) is 0 Å². The smallest absolute Gasteiger partial charge is 0.254 e. The van der Waals surface area contributed by atoms with Crippen LogP contribution in [-0.2, 0) is 6.42 Å². The van der Waals surface area contributed by atoms with Crippen molar-refractivity contribution in [3.63, 3.8) is 0 Å². The first kappa shape index (κ1) is 14.0. The Balaban J connectivity index is 2.06. The number of rotatable bonds is 3. The number of nitrogens with two attached hydrogens (primary N) is 1. The summed E-state index contributed by atoms with van der Waals surface area (Å²) >= 11 is 0. The maximum absolute atomic E-state index is 12.5. The van der Waals surface area contributed by atoms with Gasteiger partial charge in [-0.15, -0.1) is 0 Å². The van der Waals surface area contributed by atoms with Crippen LogP contribution in [0.15, 0.2) is 24.3 Å². The normalized spacial score (nSPS) is 20.6. The summed E-state index contributed by atoms with van der Waals surface area (Å²) in [4.78, 5) is 16.7. The van der Waals surface area contributed by atoms with Gasteiger partial charge in [-0.3, -0.25) is 4.79 Å². The molecule has 1 atom stereocenters. The molecule has 1 saturated heterocycles. The third-order valence-corrected chi connectivity index (χ3v) is 3.73. The Labute approximate surface area is 115 Å². The van der Waals surface area contributed by atoms with E-state index >= 15 is 0 Å². The molecule has 0 aliphatic carbocycles. The topological polar surface area (TPSA) is 49.6 Å². The monoisotopic (exact) mass is 261 g/mol. The lowest BCUT2D eigenvalue weighted by Crippen LogP contribution is -2.52. The van der Waals surface area contributed by atoms with Crippen LogP contribution in [0.5, 0.6) is 0 Å². The third kappa shape index (κ3) is 3.33. The highest BCUT2D eigenvalue weighted by Crippen LogP contribution is 2.14. The fraction of sp³-hybridized carbons (Fsp3) is 0.533. The van der Waals surface area contributed by atoms with Crippen LogP contribution in [0.3, 0.4) is 0 Å². The summed E-state index contributed by atoms with van der Waals surface area (Å²) in [6.07, 6.45) is 0.860. The van der Waals surface area contributed by atoms with E-state index in [1.54, 1.807) is 0 Å². The van der Waals surface area contributed by atoms with Gasteiger partial charge in [0.15, 0.2) is 0 Å². The summed E-state index contributed by atoms with van der Waals surface area (Å²) in [6, 6.07) is 8.10. The number of nitrogens with zero attached hydrogens (tertiary/aromatic N) is 2. The van der Waals surface area contributed by atoms with Crippen LogP contribution in [0.25, 0.3) is 0 Å². The average Bonchev–Trinajstić information content (AvgIpc) is 2.39. The largest absolute Gasteiger partial charge is 0.333 e. The molecule has 1 aliphatic heterocycles. The van der Waals surface area contributed by atoms with E-state index in [9.17, 15) is 4.79 Å². The van der Waals surface area contributed by atoms with Crippen molar-refractivity contribution in [1.29, 1.82) is 0 Å². The van der Waals surface area contributed by atoms with E-state index < -0.39 is 0 Å². The SMILES string of the molecule is CC1CN(C)CCN1C(=O)c1ccc(CCN)cc1. The zero-order valence-corrected chi connectivity index (χ0v) is 11.8. The molecule has 1 aromatic carbocycles. The summed E-state index contributed by atoms with van der Waals surface area (Å²) in [5.74, 6) is 0.139. The van der Waals surface area contributed by atoms with Crippen LogP contribution in [-0.4, -0.2) is 55.0 Å². The maximum Gasteiger partial charge on any atom is 0.254 e. The fourth-order valence-electron chi connectivity index (χ4n) is 2.59. The molecule has 0 radical (unpaired) electrons. The molecule has 2 rings (SSSR count). The van der Waals surface area contributed by atoms with Crippen molar-refractivity contribution in [2.24, 2.45) is 5.73 Å². The molecule has 2 N–H and O–H groups in total. The number of amides is 1. The van der Waals surface area contributed by atoms with Gasteiger partial charge in [0.05, 0.1) is 0 Å². The van der Waals surface area contributed by atoms with E-state index in [0.29, 0.717) is 6.54 Å². The van der Waals surface area contributed by atoms with Gasteiger partial charge in [0.2, 0.25) is 0 Å². The minimum Gasteiger partial charge on any atom is -0.333 e. The minimum atomic E-state index is 0.139. The first-order chi connectivity index (χ1) is 9.11. The highest BCUT2D eigenvalue weighted by atomic mass is 16.2. The molecule has 1 aromatic rings. The van der Waals surface area contributed by atoms with Gasteiger partial charge in [0.1, 0.15) is 0 Å². The van der Waals surface area contributed by atoms with Crippen LogP contribution in [0.1, 0.15) is 22.8 Å². The zero-order valence-electron chi connectivity index (χ0n) is 11.8. The van der Waals surface area contributed by atoms with Crippen molar-refractivity contribution in [1.82, 2.24) is 9.80 Å². The van der Waals surface area contributed by atoms with E-state index in [0.717, 1.165) is 31.6 Å². The van der Waals surface area contributed by atoms with Gasteiger partial charge < -0.3 is 15.5 Å². The Morgan fingerprint density at radius 3 is 2.58 bits per heavy atom. The van der Waals surface area contributed by atoms with E-state index in [1.807, 2.05) is 29.2 Å². The summed E-state index contributed by atoms with van der Waals surface area (Å²) in [7, 11) is 2.10. The van der Waals surface area contributed by atoms with Gasteiger partial charge in [-0.25, -0.2) is 0 Å². The lowest BCUT2D eigenvalue weighted by atomic mass is 10.1. The summed E-state index contributed by atoms with van der Waals surface area (Å²) in [5, 5.41) is 0. The quantitative estimate of drug-likeness (QED) is 0.882. The molecular weight excluding hydrogens is 238 g/mol. The predicted octanol–water partition coefficient (Wildman–Crippen LogP) is 0.964. The fourth-order valence-corrected chi connectivity index (χ4v) is 2.59. The first-order valence-corrected chi connectivity index (χ1v) is 6.90. The lowest BCUT2D eigenvalue weighted by molar-refractivity contribution is 0.0533. The van der Waals surface area contributed by atoms with E-state index in [-0.39, 0.29) is 11.9 Å². The Hall–Kier alpha value is -1.39. The minimum absolute atomic E-state index is 0.139. The summed E-state index contributed by atoms with van der Waals surface area (Å²) < 4.78 is 0. The Morgan fingerprint density at radius 1 is 1.32 bits per heavy atom. The maximum atomic E-state index is 12.5. The predicted molar refractivity (Wildman–Crippen MR) is 77.2 cm³/mol. The first-order valence-electron chi connectivity index (χ1n) is 6.90. The van der Waals surface area contributed by atoms with Crippen LogP contribution in [0, 0.1) is 0 Å². The standard InChI is InChI=1S/C15H23N3O/c1-12-11-17(2)9-10-18(12)15(19)14-5-3-13(4-6-14)7-8-16/h3-6,12H,7-11,16H2,1-2H3. The molecule has 1 aliphatic rings. The molecule has 0 bridgehead atoms. The van der Waals surface area contributed by atoms with Gasteiger partial charge in [-0.1, -0.05) is 12.1 Å². The highest BCUT2D eigenvalue weighted by Gasteiger charge is 2.26. The second-order valence-corrected chi connectivity index (χ2v) is 5.35. The number of hydrogen-bond donors (Lipinski definition) is 1. The Morgan fingerprint density at radius 2 is 2.00 bits per heavy atom. The lowest BCUT2D eigenvalue weighted by Gasteiger charge is -2.38. The molecule has 1 amide bonds. The third-order valence-electron chi connectivity index (χ3n) is 3.73. The van der Waals surface area contributed by atoms with Gasteiger partial charge in [0.25, 0.3) is 5.91 Å². The zero-order chi connectivity index (χ0) is 13.8. The number of piperazine rings is 1. The van der Waals surface area contributed by atoms with Crippen molar-refractivity contribution >= 4 is 5.91 Å². The number of likely N-dealkylation sites (N-methyl/N-ethyl adjacent to an activating group) is 1. The van der Waals surface area contributed by atoms with Crippen LogP contribution < -0.4 is 5.73 Å². The summed E-state index contributed by atoms with van der Waals surface area (Å²) in [5.41, 5.74) is 7.49. The molecule has 1 heterocycles. The van der Waals surface area contributed by atoms with E-state index in [4.69, 9.17) is 5.73 Å². The van der Waals surface area contributed by atoms with Crippen molar-refractivity contribution in [3.05, 3.63) is 35.4 Å². The van der Waals surface area contributed by atoms with Crippen molar-refractivity contribution in [3.8, 4) is 0 Å². The molecule has 1 fully saturated rings. The van der Waals surface area contributed by atoms with Crippen LogP contribution in [0.2, 0.25) is 0 Å². The van der Waals surface area contributed by atoms with E-state index in [2.05, 4.69) is 18.9 Å². The van der Waals surface area contributed by atoms with Crippen molar-refractivity contribution in [2.45, 2.75) is 19.4 Å². The molecule has 0 saturated carbocycles. The molecule has 0 aromatic heterocycles. The van der Waals surface area contributed by atoms with E-state index in [1.165, 1.54) is 5.56 Å². The van der Waals surface area contributed by atoms with Gasteiger partial charge in [0, 0.05) is 31.2 Å². The van der Waals surface area contributed by atoms with Gasteiger partial charge in [-0.05, 0) is 44.6 Å². The molecule has 0 spiro atoms. The van der Waals surface area contributed by atoms with Crippen molar-refractivity contribution < 1.29 is 4.79 Å². The Kier molecular flexibility index (Phi) is 4.56. The number of benzene rings is 1. The van der Waals surface area contributed by atoms with Gasteiger partial charge in [-0.2, -0.15) is 0 Å². The molecule has 1 unspecified atom stereocenters. The second kappa shape index (κ2) is 6.17. The summed E-state index contributed by atoms with van der Waals surface area (Å²) in [6.45, 7) is 5.44. The number of carbonyl (C=O) groups is 1. The highest BCUT2D eigenvalue weighted by molar-refractivity contribution is 5.94. The number of carbonyl (C=O) groups excluding carboxylic acids is 1. The van der Waals surface area contributed by atoms with Crippen molar-refractivity contribution in [2.75, 3.05) is 33.2 Å². The molecular formula is C15H23N3O. The van der Waals surface area contributed by atoms with Gasteiger partial charge >= 0.3 is 0 Å².